The van der Waals surface area contributed by atoms with E-state index in [-0.39, 0.29) is 36.0 Å². The number of nitrogens with two attached hydrogens (primary N) is 1. The zero-order valence-corrected chi connectivity index (χ0v) is 16.2. The van der Waals surface area contributed by atoms with Gasteiger partial charge in [0.25, 0.3) is 0 Å². The van der Waals surface area contributed by atoms with Gasteiger partial charge in [0.2, 0.25) is 15.9 Å². The van der Waals surface area contributed by atoms with E-state index in [1.54, 1.807) is 6.92 Å². The summed E-state index contributed by atoms with van der Waals surface area (Å²) in [5.41, 5.74) is 5.67. The minimum absolute atomic E-state index is 0. The number of nitrogens with zero attached hydrogens (tertiary/aromatic N) is 1. The fourth-order valence-electron chi connectivity index (χ4n) is 2.75. The largest absolute Gasteiger partial charge is 0.405 e. The van der Waals surface area contributed by atoms with Crippen LogP contribution in [0.5, 0.6) is 0 Å². The Balaban J connectivity index is 0.00000364. The average Bonchev–Trinajstić information content (AvgIpc) is 2.54. The van der Waals surface area contributed by atoms with Gasteiger partial charge >= 0.3 is 6.18 Å². The molecule has 154 valence electrons. The van der Waals surface area contributed by atoms with Crippen molar-refractivity contribution in [3.63, 3.8) is 0 Å². The van der Waals surface area contributed by atoms with E-state index in [0.717, 1.165) is 6.07 Å². The predicted octanol–water partition coefficient (Wildman–Crippen LogP) is 0.630. The molecule has 0 spiro atoms. The van der Waals surface area contributed by atoms with E-state index in [0.29, 0.717) is 18.7 Å². The lowest BCUT2D eigenvalue weighted by Crippen LogP contribution is -2.57. The van der Waals surface area contributed by atoms with Crippen molar-refractivity contribution in [1.82, 2.24) is 14.9 Å². The number of hydrogen-bond donors (Lipinski definition) is 3. The second kappa shape index (κ2) is 9.20. The van der Waals surface area contributed by atoms with E-state index in [1.807, 2.05) is 4.72 Å². The number of benzene rings is 1. The van der Waals surface area contributed by atoms with E-state index >= 15 is 0 Å². The van der Waals surface area contributed by atoms with E-state index in [9.17, 15) is 26.4 Å². The molecule has 0 aliphatic carbocycles. The first-order chi connectivity index (χ1) is 12.0. The van der Waals surface area contributed by atoms with Crippen LogP contribution in [0.1, 0.15) is 15.9 Å². The number of sulfonamides is 1. The summed E-state index contributed by atoms with van der Waals surface area (Å²) in [6.45, 7) is 1.91. The van der Waals surface area contributed by atoms with Gasteiger partial charge < -0.3 is 11.1 Å². The van der Waals surface area contributed by atoms with Crippen molar-refractivity contribution in [2.75, 3.05) is 32.7 Å². The predicted molar refractivity (Wildman–Crippen MR) is 96.4 cm³/mol. The maximum atomic E-state index is 13.3. The van der Waals surface area contributed by atoms with Gasteiger partial charge in [-0.25, -0.2) is 13.1 Å². The number of carbonyl (C=O) groups is 1. The molecule has 1 heterocycles. The van der Waals surface area contributed by atoms with Crippen molar-refractivity contribution in [2.45, 2.75) is 24.0 Å². The Morgan fingerprint density at radius 3 is 2.44 bits per heavy atom. The Labute approximate surface area is 161 Å². The smallest absolute Gasteiger partial charge is 0.366 e. The highest BCUT2D eigenvalue weighted by Gasteiger charge is 2.44. The molecular weight excluding hydrogens is 409 g/mol. The van der Waals surface area contributed by atoms with Crippen LogP contribution in [0.4, 0.5) is 13.2 Å². The summed E-state index contributed by atoms with van der Waals surface area (Å²) in [7, 11) is -4.23. The monoisotopic (exact) mass is 430 g/mol. The molecule has 12 heteroatoms. The zero-order chi connectivity index (χ0) is 19.5. The van der Waals surface area contributed by atoms with Gasteiger partial charge in [0, 0.05) is 38.3 Å². The van der Waals surface area contributed by atoms with Crippen LogP contribution in [-0.4, -0.2) is 64.2 Å². The zero-order valence-electron chi connectivity index (χ0n) is 14.5. The van der Waals surface area contributed by atoms with E-state index in [1.165, 1.54) is 17.0 Å². The SMILES string of the molecule is Cc1ccc(S(=O)(=O)NCC(N2CCNCC2)C(F)(F)F)cc1C(N)=O.Cl. The molecule has 1 aliphatic rings. The van der Waals surface area contributed by atoms with Gasteiger partial charge in [0.05, 0.1) is 4.90 Å². The molecule has 1 amide bonds. The van der Waals surface area contributed by atoms with Crippen LogP contribution in [0.2, 0.25) is 0 Å². The summed E-state index contributed by atoms with van der Waals surface area (Å²) in [4.78, 5) is 12.2. The number of primary amides is 1. The highest BCUT2D eigenvalue weighted by molar-refractivity contribution is 7.89. The van der Waals surface area contributed by atoms with E-state index in [2.05, 4.69) is 5.32 Å². The molecule has 1 aliphatic heterocycles. The molecule has 27 heavy (non-hydrogen) atoms. The van der Waals surface area contributed by atoms with Crippen molar-refractivity contribution < 1.29 is 26.4 Å². The third-order valence-corrected chi connectivity index (χ3v) is 5.64. The first kappa shape index (κ1) is 23.6. The minimum Gasteiger partial charge on any atom is -0.366 e. The van der Waals surface area contributed by atoms with Crippen LogP contribution in [0, 0.1) is 6.92 Å². The Morgan fingerprint density at radius 1 is 1.33 bits per heavy atom. The normalized spacial score (nSPS) is 17.2. The van der Waals surface area contributed by atoms with Crippen molar-refractivity contribution in [1.29, 1.82) is 0 Å². The number of rotatable bonds is 6. The number of carbonyl (C=O) groups excluding carboxylic acids is 1. The molecule has 2 rings (SSSR count). The van der Waals surface area contributed by atoms with Gasteiger partial charge in [0.15, 0.2) is 0 Å². The Kier molecular flexibility index (Phi) is 8.05. The number of amides is 1. The molecule has 1 atom stereocenters. The Hall–Kier alpha value is -1.40. The molecule has 1 saturated heterocycles. The first-order valence-corrected chi connectivity index (χ1v) is 9.42. The summed E-state index contributed by atoms with van der Waals surface area (Å²) >= 11 is 0. The average molecular weight is 431 g/mol. The molecule has 7 nitrogen and oxygen atoms in total. The second-order valence-electron chi connectivity index (χ2n) is 6.04. The van der Waals surface area contributed by atoms with Crippen molar-refractivity contribution in [2.24, 2.45) is 5.73 Å². The number of nitrogens with one attached hydrogen (secondary N) is 2. The Bertz CT molecular complexity index is 768. The van der Waals surface area contributed by atoms with Gasteiger partial charge in [-0.1, -0.05) is 6.07 Å². The van der Waals surface area contributed by atoms with Gasteiger partial charge in [-0.15, -0.1) is 12.4 Å². The quantitative estimate of drug-likeness (QED) is 0.614. The number of alkyl halides is 3. The molecule has 4 N–H and O–H groups in total. The lowest BCUT2D eigenvalue weighted by molar-refractivity contribution is -0.182. The molecule has 1 fully saturated rings. The van der Waals surface area contributed by atoms with Crippen LogP contribution in [-0.2, 0) is 10.0 Å². The van der Waals surface area contributed by atoms with Crippen LogP contribution in [0.3, 0.4) is 0 Å². The first-order valence-electron chi connectivity index (χ1n) is 7.94. The highest BCUT2D eigenvalue weighted by Crippen LogP contribution is 2.25. The van der Waals surface area contributed by atoms with E-state index < -0.39 is 34.7 Å². The standard InChI is InChI=1S/C15H21F3N4O3S.ClH/c1-10-2-3-11(8-12(10)14(19)23)26(24,25)21-9-13(15(16,17)18)22-6-4-20-5-7-22;/h2-3,8,13,20-21H,4-7,9H2,1H3,(H2,19,23);1H. The van der Waals surface area contributed by atoms with Crippen molar-refractivity contribution in [3.8, 4) is 0 Å². The van der Waals surface area contributed by atoms with Gasteiger partial charge in [0.1, 0.15) is 6.04 Å². The molecule has 0 saturated carbocycles. The van der Waals surface area contributed by atoms with Crippen molar-refractivity contribution >= 4 is 28.3 Å². The molecule has 0 bridgehead atoms. The molecule has 0 radical (unpaired) electrons. The summed E-state index contributed by atoms with van der Waals surface area (Å²) in [5.74, 6) is -0.812. The van der Waals surface area contributed by atoms with Crippen molar-refractivity contribution in [3.05, 3.63) is 29.3 Å². The van der Waals surface area contributed by atoms with Crippen LogP contribution in [0.25, 0.3) is 0 Å². The van der Waals surface area contributed by atoms with Gasteiger partial charge in [-0.05, 0) is 24.6 Å². The minimum atomic E-state index is -4.58. The molecule has 1 aromatic rings. The number of aryl methyl sites for hydroxylation is 1. The number of piperazine rings is 1. The lowest BCUT2D eigenvalue weighted by atomic mass is 10.1. The third kappa shape index (κ3) is 6.04. The number of halogens is 4. The molecule has 1 unspecified atom stereocenters. The maximum absolute atomic E-state index is 13.3. The highest BCUT2D eigenvalue weighted by atomic mass is 35.5. The molecular formula is C15H22ClF3N4O3S. The van der Waals surface area contributed by atoms with Gasteiger partial charge in [-0.3, -0.25) is 9.69 Å². The van der Waals surface area contributed by atoms with E-state index in [4.69, 9.17) is 5.73 Å². The maximum Gasteiger partial charge on any atom is 0.405 e. The van der Waals surface area contributed by atoms with Crippen LogP contribution in [0.15, 0.2) is 23.1 Å². The topological polar surface area (TPSA) is 105 Å². The third-order valence-electron chi connectivity index (χ3n) is 4.22. The summed E-state index contributed by atoms with van der Waals surface area (Å²) in [6, 6.07) is 1.73. The Morgan fingerprint density at radius 2 is 1.93 bits per heavy atom. The molecule has 1 aromatic carbocycles. The summed E-state index contributed by atoms with van der Waals surface area (Å²) < 4.78 is 66.8. The summed E-state index contributed by atoms with van der Waals surface area (Å²) in [6.07, 6.45) is -4.58. The van der Waals surface area contributed by atoms with Crippen LogP contribution < -0.4 is 15.8 Å². The fraction of sp³-hybridized carbons (Fsp3) is 0.533. The summed E-state index contributed by atoms with van der Waals surface area (Å²) in [5, 5.41) is 2.95. The molecule has 0 aromatic heterocycles. The number of hydrogen-bond acceptors (Lipinski definition) is 5. The second-order valence-corrected chi connectivity index (χ2v) is 7.80. The van der Waals surface area contributed by atoms with Gasteiger partial charge in [-0.2, -0.15) is 13.2 Å². The lowest BCUT2D eigenvalue weighted by Gasteiger charge is -2.35. The fourth-order valence-corrected chi connectivity index (χ4v) is 3.82. The van der Waals surface area contributed by atoms with Crippen LogP contribution >= 0.6 is 12.4 Å².